The number of aryl methyl sites for hydroxylation is 1. The average molecular weight is 315 g/mol. The van der Waals surface area contributed by atoms with Gasteiger partial charge in [-0.15, -0.1) is 0 Å². The highest BCUT2D eigenvalue weighted by Gasteiger charge is 2.32. The van der Waals surface area contributed by atoms with Crippen molar-refractivity contribution in [1.29, 1.82) is 0 Å². The number of piperazine rings is 1. The maximum atomic E-state index is 12.5. The molecule has 1 fully saturated rings. The minimum absolute atomic E-state index is 0.0534. The van der Waals surface area contributed by atoms with Gasteiger partial charge >= 0.3 is 0 Å². The molecule has 1 aromatic heterocycles. The van der Waals surface area contributed by atoms with Crippen LogP contribution in [0.3, 0.4) is 0 Å². The van der Waals surface area contributed by atoms with E-state index in [1.54, 1.807) is 4.90 Å². The van der Waals surface area contributed by atoms with Crippen LogP contribution in [0.1, 0.15) is 12.2 Å². The van der Waals surface area contributed by atoms with E-state index in [-0.39, 0.29) is 5.91 Å². The molecule has 2 heterocycles. The van der Waals surface area contributed by atoms with Gasteiger partial charge in [-0.05, 0) is 19.2 Å². The van der Waals surface area contributed by atoms with E-state index < -0.39 is 11.9 Å². The van der Waals surface area contributed by atoms with Crippen LogP contribution >= 0.6 is 0 Å². The molecule has 3 rings (SSSR count). The number of hydrogen-bond acceptors (Lipinski definition) is 4. The lowest BCUT2D eigenvalue weighted by molar-refractivity contribution is -0.142. The van der Waals surface area contributed by atoms with Crippen LogP contribution in [0.4, 0.5) is 0 Å². The minimum Gasteiger partial charge on any atom is -0.368 e. The Bertz CT molecular complexity index is 693. The summed E-state index contributed by atoms with van der Waals surface area (Å²) in [6.45, 7) is 1.77. The third kappa shape index (κ3) is 3.34. The molecule has 1 unspecified atom stereocenters. The highest BCUT2D eigenvalue weighted by atomic mass is 16.2. The van der Waals surface area contributed by atoms with Crippen molar-refractivity contribution in [3.8, 4) is 0 Å². The number of nitrogens with two attached hydrogens (primary N) is 1. The summed E-state index contributed by atoms with van der Waals surface area (Å²) in [5, 5.41) is 0. The van der Waals surface area contributed by atoms with Crippen LogP contribution < -0.4 is 5.73 Å². The molecule has 0 spiro atoms. The Kier molecular flexibility index (Phi) is 4.29. The second-order valence-corrected chi connectivity index (χ2v) is 5.97. The lowest BCUT2D eigenvalue weighted by Gasteiger charge is -2.38. The van der Waals surface area contributed by atoms with E-state index in [4.69, 9.17) is 5.73 Å². The van der Waals surface area contributed by atoms with Gasteiger partial charge in [-0.25, -0.2) is 4.98 Å². The number of amides is 2. The second-order valence-electron chi connectivity index (χ2n) is 5.97. The van der Waals surface area contributed by atoms with Crippen molar-refractivity contribution in [2.75, 3.05) is 26.7 Å². The molecule has 1 atom stereocenters. The summed E-state index contributed by atoms with van der Waals surface area (Å²) in [5.41, 5.74) is 7.29. The smallest absolute Gasteiger partial charge is 0.241 e. The number of aromatic amines is 1. The van der Waals surface area contributed by atoms with Gasteiger partial charge in [0, 0.05) is 32.5 Å². The maximum Gasteiger partial charge on any atom is 0.241 e. The molecule has 0 aliphatic carbocycles. The number of para-hydroxylation sites is 2. The number of carbonyl (C=O) groups is 2. The topological polar surface area (TPSA) is 95.3 Å². The van der Waals surface area contributed by atoms with Gasteiger partial charge < -0.3 is 20.5 Å². The normalized spacial score (nSPS) is 19.2. The predicted molar refractivity (Wildman–Crippen MR) is 86.6 cm³/mol. The van der Waals surface area contributed by atoms with Crippen molar-refractivity contribution in [1.82, 2.24) is 19.8 Å². The zero-order valence-corrected chi connectivity index (χ0v) is 13.2. The minimum atomic E-state index is -0.545. The Labute approximate surface area is 134 Å². The molecule has 2 aromatic rings. The van der Waals surface area contributed by atoms with Crippen molar-refractivity contribution in [2.45, 2.75) is 18.9 Å². The molecular formula is C16H21N5O2. The molecule has 7 heteroatoms. The summed E-state index contributed by atoms with van der Waals surface area (Å²) in [5.74, 6) is 0.278. The van der Waals surface area contributed by atoms with E-state index in [1.807, 2.05) is 36.2 Å². The van der Waals surface area contributed by atoms with Crippen molar-refractivity contribution in [2.24, 2.45) is 5.73 Å². The van der Waals surface area contributed by atoms with Gasteiger partial charge in [0.25, 0.3) is 0 Å². The third-order valence-electron chi connectivity index (χ3n) is 4.25. The van der Waals surface area contributed by atoms with E-state index in [1.165, 1.54) is 0 Å². The lowest BCUT2D eigenvalue weighted by atomic mass is 10.1. The highest BCUT2D eigenvalue weighted by molar-refractivity contribution is 5.87. The van der Waals surface area contributed by atoms with Crippen LogP contribution in [0.15, 0.2) is 24.3 Å². The molecule has 0 bridgehead atoms. The van der Waals surface area contributed by atoms with Crippen molar-refractivity contribution in [3.05, 3.63) is 30.1 Å². The number of H-pyrrole nitrogens is 1. The van der Waals surface area contributed by atoms with Crippen LogP contribution in [0.5, 0.6) is 0 Å². The summed E-state index contributed by atoms with van der Waals surface area (Å²) < 4.78 is 0. The molecule has 1 saturated heterocycles. The summed E-state index contributed by atoms with van der Waals surface area (Å²) in [4.78, 5) is 35.4. The lowest BCUT2D eigenvalue weighted by Crippen LogP contribution is -2.59. The summed E-state index contributed by atoms with van der Waals surface area (Å²) >= 11 is 0. The molecule has 0 saturated carbocycles. The van der Waals surface area contributed by atoms with Crippen LogP contribution in [0, 0.1) is 0 Å². The Morgan fingerprint density at radius 1 is 1.35 bits per heavy atom. The van der Waals surface area contributed by atoms with Crippen molar-refractivity contribution >= 4 is 22.8 Å². The van der Waals surface area contributed by atoms with Crippen molar-refractivity contribution in [3.63, 3.8) is 0 Å². The number of aromatic nitrogens is 2. The molecule has 3 N–H and O–H groups in total. The Morgan fingerprint density at radius 2 is 2.13 bits per heavy atom. The van der Waals surface area contributed by atoms with E-state index >= 15 is 0 Å². The van der Waals surface area contributed by atoms with Gasteiger partial charge in [0.2, 0.25) is 11.8 Å². The van der Waals surface area contributed by atoms with Gasteiger partial charge in [-0.2, -0.15) is 0 Å². The van der Waals surface area contributed by atoms with Gasteiger partial charge in [0.1, 0.15) is 11.9 Å². The largest absolute Gasteiger partial charge is 0.368 e. The molecule has 1 aliphatic rings. The molecule has 1 aromatic carbocycles. The summed E-state index contributed by atoms with van der Waals surface area (Å²) in [7, 11) is 1.92. The predicted octanol–water partition coefficient (Wildman–Crippen LogP) is 0.123. The van der Waals surface area contributed by atoms with E-state index in [0.29, 0.717) is 25.9 Å². The number of nitrogens with zero attached hydrogens (tertiary/aromatic N) is 3. The first-order valence-corrected chi connectivity index (χ1v) is 7.75. The summed E-state index contributed by atoms with van der Waals surface area (Å²) in [6.07, 6.45) is 0.832. The van der Waals surface area contributed by atoms with E-state index in [2.05, 4.69) is 9.97 Å². The van der Waals surface area contributed by atoms with Crippen molar-refractivity contribution < 1.29 is 9.59 Å². The fourth-order valence-electron chi connectivity index (χ4n) is 2.95. The monoisotopic (exact) mass is 315 g/mol. The highest BCUT2D eigenvalue weighted by Crippen LogP contribution is 2.14. The SMILES string of the molecule is CN1CCN(C(=O)CCc2nc3ccccc3[nH]2)C(C(N)=O)C1. The first-order chi connectivity index (χ1) is 11.0. The molecular weight excluding hydrogens is 294 g/mol. The quantitative estimate of drug-likeness (QED) is 0.838. The van der Waals surface area contributed by atoms with Gasteiger partial charge in [0.05, 0.1) is 11.0 Å². The van der Waals surface area contributed by atoms with E-state index in [9.17, 15) is 9.59 Å². The maximum absolute atomic E-state index is 12.5. The Morgan fingerprint density at radius 3 is 2.87 bits per heavy atom. The van der Waals surface area contributed by atoms with Crippen LogP contribution in [-0.4, -0.2) is 64.3 Å². The first kappa shape index (κ1) is 15.5. The standard InChI is InChI=1S/C16H21N5O2/c1-20-8-9-21(13(10-20)16(17)23)15(22)7-6-14-18-11-4-2-3-5-12(11)19-14/h2-5,13H,6-10H2,1H3,(H2,17,23)(H,18,19). The number of likely N-dealkylation sites (N-methyl/N-ethyl adjacent to an activating group) is 1. The number of nitrogens with one attached hydrogen (secondary N) is 1. The number of fused-ring (bicyclic) bond motifs is 1. The first-order valence-electron chi connectivity index (χ1n) is 7.75. The second kappa shape index (κ2) is 6.37. The van der Waals surface area contributed by atoms with E-state index in [0.717, 1.165) is 23.4 Å². The molecule has 7 nitrogen and oxygen atoms in total. The number of carbonyl (C=O) groups excluding carboxylic acids is 2. The average Bonchev–Trinajstić information content (AvgIpc) is 2.95. The van der Waals surface area contributed by atoms with Gasteiger partial charge in [0.15, 0.2) is 0 Å². The molecule has 122 valence electrons. The number of benzene rings is 1. The third-order valence-corrected chi connectivity index (χ3v) is 4.25. The van der Waals surface area contributed by atoms with Crippen LogP contribution in [0.25, 0.3) is 11.0 Å². The number of hydrogen-bond donors (Lipinski definition) is 2. The molecule has 2 amide bonds. The Balaban J connectivity index is 1.65. The number of primary amides is 1. The fraction of sp³-hybridized carbons (Fsp3) is 0.438. The molecule has 1 aliphatic heterocycles. The molecule has 23 heavy (non-hydrogen) atoms. The zero-order valence-electron chi connectivity index (χ0n) is 13.2. The van der Waals surface area contributed by atoms with Gasteiger partial charge in [-0.3, -0.25) is 9.59 Å². The van der Waals surface area contributed by atoms with Gasteiger partial charge in [-0.1, -0.05) is 12.1 Å². The van der Waals surface area contributed by atoms with Crippen LogP contribution in [0.2, 0.25) is 0 Å². The zero-order chi connectivity index (χ0) is 16.4. The number of rotatable bonds is 4. The molecule has 0 radical (unpaired) electrons. The Hall–Kier alpha value is -2.41. The van der Waals surface area contributed by atoms with Crippen LogP contribution in [-0.2, 0) is 16.0 Å². The number of imidazole rings is 1. The summed E-state index contributed by atoms with van der Waals surface area (Å²) in [6, 6.07) is 7.21. The fourth-order valence-corrected chi connectivity index (χ4v) is 2.95.